The van der Waals surface area contributed by atoms with Crippen LogP contribution in [0.15, 0.2) is 42.5 Å². The number of terminal acetylenes is 1. The van der Waals surface area contributed by atoms with Gasteiger partial charge in [0.2, 0.25) is 11.8 Å². The number of alkyl halides is 3. The van der Waals surface area contributed by atoms with Gasteiger partial charge in [0.15, 0.2) is 0 Å². The number of piperazine rings is 1. The number of halogens is 4. The first kappa shape index (κ1) is 24.8. The molecule has 3 amide bonds. The second-order valence-electron chi connectivity index (χ2n) is 9.69. The summed E-state index contributed by atoms with van der Waals surface area (Å²) in [6, 6.07) is 8.28. The molecule has 0 atom stereocenters. The standard InChI is InChI=1S/C27H23F4N3O3/c1-2-17-6-9-22(21(28)12-17)33-16-23(35)34(15-18-4-7-20(8-5-18)27(29,30)31)26(25(33)37)13-19(14-26)24(36)32-10-3-11-32/h1,4-9,12,19H,3,10-11,13-16H2. The number of carbonyl (C=O) groups is 3. The molecule has 1 spiro atoms. The van der Waals surface area contributed by atoms with Gasteiger partial charge in [0.05, 0.1) is 11.3 Å². The highest BCUT2D eigenvalue weighted by Crippen LogP contribution is 2.48. The van der Waals surface area contributed by atoms with Gasteiger partial charge in [-0.25, -0.2) is 4.39 Å². The van der Waals surface area contributed by atoms with E-state index in [1.54, 1.807) is 4.90 Å². The molecule has 2 aliphatic heterocycles. The molecule has 10 heteroatoms. The molecule has 3 fully saturated rings. The summed E-state index contributed by atoms with van der Waals surface area (Å²) in [5.74, 6) is -0.0221. The predicted octanol–water partition coefficient (Wildman–Crippen LogP) is 3.58. The van der Waals surface area contributed by atoms with Crippen LogP contribution in [0, 0.1) is 24.1 Å². The lowest BCUT2D eigenvalue weighted by molar-refractivity contribution is -0.168. The Bertz CT molecular complexity index is 1310. The number of anilines is 1. The highest BCUT2D eigenvalue weighted by Gasteiger charge is 2.62. The fourth-order valence-corrected chi connectivity index (χ4v) is 5.25. The van der Waals surface area contributed by atoms with E-state index in [9.17, 15) is 31.9 Å². The van der Waals surface area contributed by atoms with Crippen LogP contribution in [0.25, 0.3) is 0 Å². The van der Waals surface area contributed by atoms with Crippen molar-refractivity contribution in [2.45, 2.75) is 37.5 Å². The highest BCUT2D eigenvalue weighted by atomic mass is 19.4. The Labute approximate surface area is 210 Å². The number of carbonyl (C=O) groups excluding carboxylic acids is 3. The molecule has 37 heavy (non-hydrogen) atoms. The first-order valence-electron chi connectivity index (χ1n) is 11.9. The highest BCUT2D eigenvalue weighted by molar-refractivity contribution is 6.10. The maximum Gasteiger partial charge on any atom is 0.416 e. The van der Waals surface area contributed by atoms with Crippen molar-refractivity contribution in [3.8, 4) is 12.3 Å². The van der Waals surface area contributed by atoms with Crippen LogP contribution in [-0.4, -0.2) is 52.7 Å². The molecule has 192 valence electrons. The Morgan fingerprint density at radius 3 is 2.30 bits per heavy atom. The average molecular weight is 513 g/mol. The van der Waals surface area contributed by atoms with Crippen LogP contribution in [0.2, 0.25) is 0 Å². The number of benzene rings is 2. The number of likely N-dealkylation sites (tertiary alicyclic amines) is 1. The molecule has 2 aromatic carbocycles. The largest absolute Gasteiger partial charge is 0.416 e. The molecule has 6 nitrogen and oxygen atoms in total. The van der Waals surface area contributed by atoms with Crippen molar-refractivity contribution in [2.24, 2.45) is 5.92 Å². The summed E-state index contributed by atoms with van der Waals surface area (Å²) in [6.45, 7) is 0.727. The SMILES string of the molecule is C#Cc1ccc(N2CC(=O)N(Cc3ccc(C(F)(F)F)cc3)C3(CC(C(=O)N4CCC4)C3)C2=O)c(F)c1. The summed E-state index contributed by atoms with van der Waals surface area (Å²) in [5.41, 5.74) is -1.64. The minimum absolute atomic E-state index is 0.0636. The van der Waals surface area contributed by atoms with E-state index < -0.39 is 47.4 Å². The lowest BCUT2D eigenvalue weighted by Gasteiger charge is -2.57. The van der Waals surface area contributed by atoms with E-state index in [-0.39, 0.29) is 36.5 Å². The van der Waals surface area contributed by atoms with Crippen LogP contribution < -0.4 is 4.90 Å². The zero-order valence-electron chi connectivity index (χ0n) is 19.7. The Balaban J connectivity index is 1.46. The van der Waals surface area contributed by atoms with E-state index in [0.717, 1.165) is 29.5 Å². The second kappa shape index (κ2) is 8.91. The molecule has 1 aliphatic carbocycles. The van der Waals surface area contributed by atoms with Crippen LogP contribution >= 0.6 is 0 Å². The van der Waals surface area contributed by atoms with Crippen LogP contribution in [0.1, 0.15) is 36.0 Å². The monoisotopic (exact) mass is 513 g/mol. The molecule has 5 rings (SSSR count). The summed E-state index contributed by atoms with van der Waals surface area (Å²) in [5, 5.41) is 0. The third-order valence-corrected chi connectivity index (χ3v) is 7.47. The summed E-state index contributed by atoms with van der Waals surface area (Å²) >= 11 is 0. The van der Waals surface area contributed by atoms with Gasteiger partial charge in [-0.05, 0) is 55.2 Å². The molecule has 0 radical (unpaired) electrons. The lowest BCUT2D eigenvalue weighted by Crippen LogP contribution is -2.74. The molecule has 0 N–H and O–H groups in total. The topological polar surface area (TPSA) is 60.9 Å². The smallest absolute Gasteiger partial charge is 0.342 e. The molecule has 3 aliphatic rings. The molecule has 2 saturated heterocycles. The Hall–Kier alpha value is -3.87. The number of rotatable bonds is 4. The number of amides is 3. The molecule has 0 aromatic heterocycles. The third-order valence-electron chi connectivity index (χ3n) is 7.47. The number of hydrogen-bond acceptors (Lipinski definition) is 3. The van der Waals surface area contributed by atoms with Gasteiger partial charge in [-0.3, -0.25) is 19.3 Å². The van der Waals surface area contributed by atoms with Gasteiger partial charge >= 0.3 is 6.18 Å². The predicted molar refractivity (Wildman–Crippen MR) is 125 cm³/mol. The molecular formula is C27H23F4N3O3. The Morgan fingerprint density at radius 2 is 1.76 bits per heavy atom. The maximum absolute atomic E-state index is 14.9. The van der Waals surface area contributed by atoms with E-state index in [4.69, 9.17) is 6.42 Å². The molecule has 1 saturated carbocycles. The number of hydrogen-bond donors (Lipinski definition) is 0. The van der Waals surface area contributed by atoms with Gasteiger partial charge in [0.25, 0.3) is 5.91 Å². The Morgan fingerprint density at radius 1 is 1.08 bits per heavy atom. The summed E-state index contributed by atoms with van der Waals surface area (Å²) in [7, 11) is 0. The number of nitrogens with zero attached hydrogens (tertiary/aromatic N) is 3. The van der Waals surface area contributed by atoms with E-state index >= 15 is 0 Å². The van der Waals surface area contributed by atoms with Gasteiger partial charge in [0, 0.05) is 31.1 Å². The van der Waals surface area contributed by atoms with Gasteiger partial charge in [-0.1, -0.05) is 18.1 Å². The van der Waals surface area contributed by atoms with E-state index in [1.165, 1.54) is 29.2 Å². The van der Waals surface area contributed by atoms with Crippen LogP contribution in [0.4, 0.5) is 23.2 Å². The van der Waals surface area contributed by atoms with Crippen molar-refractivity contribution in [3.63, 3.8) is 0 Å². The lowest BCUT2D eigenvalue weighted by atomic mass is 9.64. The zero-order valence-corrected chi connectivity index (χ0v) is 19.7. The summed E-state index contributed by atoms with van der Waals surface area (Å²) in [6.07, 6.45) is 1.85. The molecular weight excluding hydrogens is 490 g/mol. The molecule has 0 bridgehead atoms. The van der Waals surface area contributed by atoms with Crippen LogP contribution in [0.5, 0.6) is 0 Å². The van der Waals surface area contributed by atoms with Crippen molar-refractivity contribution < 1.29 is 31.9 Å². The maximum atomic E-state index is 14.9. The quantitative estimate of drug-likeness (QED) is 0.464. The molecule has 0 unspecified atom stereocenters. The minimum Gasteiger partial charge on any atom is -0.342 e. The van der Waals surface area contributed by atoms with Gasteiger partial charge in [-0.2, -0.15) is 13.2 Å². The fraction of sp³-hybridized carbons (Fsp3) is 0.370. The Kier molecular flexibility index (Phi) is 5.97. The van der Waals surface area contributed by atoms with Crippen molar-refractivity contribution in [2.75, 3.05) is 24.5 Å². The zero-order chi connectivity index (χ0) is 26.5. The fourth-order valence-electron chi connectivity index (χ4n) is 5.25. The van der Waals surface area contributed by atoms with E-state index in [0.29, 0.717) is 18.7 Å². The molecule has 2 heterocycles. The van der Waals surface area contributed by atoms with E-state index in [1.807, 2.05) is 0 Å². The summed E-state index contributed by atoms with van der Waals surface area (Å²) < 4.78 is 53.8. The average Bonchev–Trinajstić information content (AvgIpc) is 2.79. The van der Waals surface area contributed by atoms with Gasteiger partial charge in [-0.15, -0.1) is 6.42 Å². The first-order valence-corrected chi connectivity index (χ1v) is 11.9. The van der Waals surface area contributed by atoms with Crippen molar-refractivity contribution in [1.29, 1.82) is 0 Å². The first-order chi connectivity index (χ1) is 17.5. The van der Waals surface area contributed by atoms with E-state index in [2.05, 4.69) is 5.92 Å². The third kappa shape index (κ3) is 4.22. The molecule has 2 aromatic rings. The second-order valence-corrected chi connectivity index (χ2v) is 9.69. The van der Waals surface area contributed by atoms with Crippen molar-refractivity contribution >= 4 is 23.4 Å². The van der Waals surface area contributed by atoms with Crippen molar-refractivity contribution in [3.05, 3.63) is 65.0 Å². The normalized spacial score (nSPS) is 23.5. The van der Waals surface area contributed by atoms with Gasteiger partial charge in [0.1, 0.15) is 17.9 Å². The van der Waals surface area contributed by atoms with Crippen LogP contribution in [0.3, 0.4) is 0 Å². The van der Waals surface area contributed by atoms with Gasteiger partial charge < -0.3 is 9.80 Å². The summed E-state index contributed by atoms with van der Waals surface area (Å²) in [4.78, 5) is 44.1. The van der Waals surface area contributed by atoms with Crippen molar-refractivity contribution in [1.82, 2.24) is 9.80 Å². The minimum atomic E-state index is -4.51. The van der Waals surface area contributed by atoms with Crippen LogP contribution in [-0.2, 0) is 27.1 Å².